The van der Waals surface area contributed by atoms with Crippen molar-refractivity contribution in [2.75, 3.05) is 11.9 Å². The summed E-state index contributed by atoms with van der Waals surface area (Å²) in [4.78, 5) is 11.9. The van der Waals surface area contributed by atoms with Crippen LogP contribution in [0.4, 0.5) is 10.5 Å². The molecule has 4 unspecified atom stereocenters. The van der Waals surface area contributed by atoms with Crippen LogP contribution < -0.4 is 16.4 Å². The Labute approximate surface area is 116 Å². The third-order valence-corrected chi connectivity index (χ3v) is 4.02. The Balaban J connectivity index is 1.56. The molecule has 3 rings (SSSR count). The zero-order chi connectivity index (χ0) is 14.1. The van der Waals surface area contributed by atoms with Gasteiger partial charge in [0.15, 0.2) is 0 Å². The van der Waals surface area contributed by atoms with Crippen molar-refractivity contribution in [2.24, 2.45) is 11.7 Å². The number of hydrogen-bond donors (Lipinski definition) is 3. The van der Waals surface area contributed by atoms with Crippen LogP contribution in [0.2, 0.25) is 0 Å². The molecule has 1 saturated heterocycles. The predicted molar refractivity (Wildman–Crippen MR) is 72.9 cm³/mol. The van der Waals surface area contributed by atoms with Crippen molar-refractivity contribution in [3.8, 4) is 6.07 Å². The maximum Gasteiger partial charge on any atom is 0.319 e. The average Bonchev–Trinajstić information content (AvgIpc) is 2.90. The number of carbonyl (C=O) groups excluding carboxylic acids is 1. The molecule has 4 atom stereocenters. The highest BCUT2D eigenvalue weighted by Gasteiger charge is 2.52. The number of hydrogen-bond acceptors (Lipinski definition) is 4. The van der Waals surface area contributed by atoms with Gasteiger partial charge in [0, 0.05) is 24.3 Å². The summed E-state index contributed by atoms with van der Waals surface area (Å²) in [6.07, 6.45) is 1.03. The number of amides is 2. The lowest BCUT2D eigenvalue weighted by Gasteiger charge is -2.45. The van der Waals surface area contributed by atoms with E-state index >= 15 is 0 Å². The molecule has 20 heavy (non-hydrogen) atoms. The van der Waals surface area contributed by atoms with Gasteiger partial charge in [0.25, 0.3) is 0 Å². The maximum absolute atomic E-state index is 11.9. The molecule has 1 aliphatic heterocycles. The molecular weight excluding hydrogens is 256 g/mol. The molecule has 0 spiro atoms. The monoisotopic (exact) mass is 272 g/mol. The molecule has 6 heteroatoms. The molecule has 104 valence electrons. The summed E-state index contributed by atoms with van der Waals surface area (Å²) in [5.41, 5.74) is 7.22. The summed E-state index contributed by atoms with van der Waals surface area (Å²) in [6.45, 7) is 0.721. The third-order valence-electron chi connectivity index (χ3n) is 4.02. The number of rotatable bonds is 2. The third kappa shape index (κ3) is 2.22. The molecule has 2 amide bonds. The Morgan fingerprint density at radius 2 is 2.15 bits per heavy atom. The van der Waals surface area contributed by atoms with Crippen LogP contribution in [0, 0.1) is 17.2 Å². The quantitative estimate of drug-likeness (QED) is 0.741. The van der Waals surface area contributed by atoms with Crippen molar-refractivity contribution >= 4 is 11.7 Å². The van der Waals surface area contributed by atoms with Gasteiger partial charge in [0.2, 0.25) is 0 Å². The lowest BCUT2D eigenvalue weighted by atomic mass is 9.72. The van der Waals surface area contributed by atoms with Crippen molar-refractivity contribution in [3.05, 3.63) is 29.8 Å². The molecule has 0 bridgehead atoms. The minimum absolute atomic E-state index is 0.0331. The van der Waals surface area contributed by atoms with Gasteiger partial charge in [-0.3, -0.25) is 0 Å². The van der Waals surface area contributed by atoms with Crippen LogP contribution >= 0.6 is 0 Å². The molecule has 1 saturated carbocycles. The Morgan fingerprint density at radius 3 is 2.85 bits per heavy atom. The van der Waals surface area contributed by atoms with Crippen LogP contribution in [0.25, 0.3) is 0 Å². The topological polar surface area (TPSA) is 100 Å². The molecule has 1 aliphatic carbocycles. The Kier molecular flexibility index (Phi) is 3.30. The first-order valence-electron chi connectivity index (χ1n) is 6.64. The number of carbonyl (C=O) groups is 1. The van der Waals surface area contributed by atoms with E-state index in [0.29, 0.717) is 17.2 Å². The summed E-state index contributed by atoms with van der Waals surface area (Å²) in [6, 6.07) is 8.25. The lowest BCUT2D eigenvalue weighted by Crippen LogP contribution is -2.69. The van der Waals surface area contributed by atoms with Crippen molar-refractivity contribution in [2.45, 2.75) is 24.6 Å². The Bertz CT molecular complexity index is 551. The molecule has 2 aliphatic rings. The van der Waals surface area contributed by atoms with Crippen molar-refractivity contribution < 1.29 is 9.53 Å². The summed E-state index contributed by atoms with van der Waals surface area (Å²) < 4.78 is 5.56. The van der Waals surface area contributed by atoms with Gasteiger partial charge in [-0.05, 0) is 30.7 Å². The van der Waals surface area contributed by atoms with Crippen molar-refractivity contribution in [1.29, 1.82) is 5.26 Å². The second-order valence-electron chi connectivity index (χ2n) is 5.18. The lowest BCUT2D eigenvalue weighted by molar-refractivity contribution is -0.0128. The summed E-state index contributed by atoms with van der Waals surface area (Å²) in [5.74, 6) is 0.371. The van der Waals surface area contributed by atoms with Gasteiger partial charge in [-0.15, -0.1) is 0 Å². The number of urea groups is 1. The van der Waals surface area contributed by atoms with Gasteiger partial charge >= 0.3 is 6.03 Å². The molecule has 1 heterocycles. The van der Waals surface area contributed by atoms with Gasteiger partial charge in [-0.2, -0.15) is 5.26 Å². The van der Waals surface area contributed by atoms with E-state index in [1.54, 1.807) is 24.3 Å². The van der Waals surface area contributed by atoms with Gasteiger partial charge in [-0.1, -0.05) is 0 Å². The fourth-order valence-electron chi connectivity index (χ4n) is 2.87. The average molecular weight is 272 g/mol. The van der Waals surface area contributed by atoms with Crippen LogP contribution in [0.15, 0.2) is 24.3 Å². The Morgan fingerprint density at radius 1 is 1.40 bits per heavy atom. The van der Waals surface area contributed by atoms with Crippen LogP contribution in [-0.2, 0) is 4.74 Å². The maximum atomic E-state index is 11.9. The van der Waals surface area contributed by atoms with Gasteiger partial charge in [-0.25, -0.2) is 4.79 Å². The summed E-state index contributed by atoms with van der Waals surface area (Å²) >= 11 is 0. The number of ether oxygens (including phenoxy) is 1. The van der Waals surface area contributed by atoms with E-state index in [0.717, 1.165) is 13.0 Å². The van der Waals surface area contributed by atoms with Crippen LogP contribution in [0.3, 0.4) is 0 Å². The van der Waals surface area contributed by atoms with E-state index in [4.69, 9.17) is 15.7 Å². The molecule has 0 aromatic heterocycles. The van der Waals surface area contributed by atoms with Crippen molar-refractivity contribution in [3.63, 3.8) is 0 Å². The summed E-state index contributed by atoms with van der Waals surface area (Å²) in [7, 11) is 0. The van der Waals surface area contributed by atoms with Crippen LogP contribution in [0.1, 0.15) is 12.0 Å². The first kappa shape index (κ1) is 12.9. The molecule has 0 radical (unpaired) electrons. The zero-order valence-corrected chi connectivity index (χ0v) is 10.9. The summed E-state index contributed by atoms with van der Waals surface area (Å²) in [5, 5.41) is 14.3. The standard InChI is InChI=1S/C14H16N4O2/c15-7-8-1-3-9(4-2-8)17-14(19)18-12-11(16)10-5-6-20-13(10)12/h1-4,10-13H,5-6,16H2,(H2,17,18,19). The van der Waals surface area contributed by atoms with E-state index < -0.39 is 0 Å². The largest absolute Gasteiger partial charge is 0.376 e. The Hall–Kier alpha value is -2.10. The number of anilines is 1. The van der Waals surface area contributed by atoms with E-state index in [1.165, 1.54) is 0 Å². The normalized spacial score (nSPS) is 30.8. The second-order valence-corrected chi connectivity index (χ2v) is 5.18. The first-order chi connectivity index (χ1) is 9.69. The number of nitrogens with one attached hydrogen (secondary N) is 2. The molecule has 1 aromatic carbocycles. The second kappa shape index (κ2) is 5.12. The van der Waals surface area contributed by atoms with Gasteiger partial charge in [0.1, 0.15) is 0 Å². The molecule has 6 nitrogen and oxygen atoms in total. The zero-order valence-electron chi connectivity index (χ0n) is 10.9. The van der Waals surface area contributed by atoms with E-state index in [9.17, 15) is 4.79 Å². The minimum Gasteiger partial charge on any atom is -0.376 e. The smallest absolute Gasteiger partial charge is 0.319 e. The highest BCUT2D eigenvalue weighted by Crippen LogP contribution is 2.37. The van der Waals surface area contributed by atoms with E-state index in [1.807, 2.05) is 6.07 Å². The molecule has 1 aromatic rings. The number of nitrogens with zero attached hydrogens (tertiary/aromatic N) is 1. The van der Waals surface area contributed by atoms with Gasteiger partial charge < -0.3 is 21.1 Å². The highest BCUT2D eigenvalue weighted by molar-refractivity contribution is 5.89. The molecule has 4 N–H and O–H groups in total. The number of benzene rings is 1. The highest BCUT2D eigenvalue weighted by atomic mass is 16.5. The van der Waals surface area contributed by atoms with Gasteiger partial charge in [0.05, 0.1) is 23.8 Å². The fourth-order valence-corrected chi connectivity index (χ4v) is 2.87. The van der Waals surface area contributed by atoms with Crippen LogP contribution in [0.5, 0.6) is 0 Å². The minimum atomic E-state index is -0.302. The SMILES string of the molecule is N#Cc1ccc(NC(=O)NC2C(N)C3CCOC32)cc1. The first-order valence-corrected chi connectivity index (χ1v) is 6.64. The van der Waals surface area contributed by atoms with Crippen molar-refractivity contribution in [1.82, 2.24) is 5.32 Å². The molecular formula is C14H16N4O2. The predicted octanol–water partition coefficient (Wildman–Crippen LogP) is 0.794. The number of fused-ring (bicyclic) bond motifs is 1. The fraction of sp³-hybridized carbons (Fsp3) is 0.429. The number of nitrogens with two attached hydrogens (primary N) is 1. The number of nitriles is 1. The van der Waals surface area contributed by atoms with Crippen LogP contribution in [-0.4, -0.2) is 30.8 Å². The van der Waals surface area contributed by atoms with E-state index in [2.05, 4.69) is 10.6 Å². The van der Waals surface area contributed by atoms with E-state index in [-0.39, 0.29) is 24.2 Å². The molecule has 2 fully saturated rings.